The van der Waals surface area contributed by atoms with E-state index < -0.39 is 5.97 Å². The molecule has 0 fully saturated rings. The monoisotopic (exact) mass is 286 g/mol. The Hall–Kier alpha value is -2.34. The smallest absolute Gasteiger partial charge is 0.357 e. The van der Waals surface area contributed by atoms with Crippen molar-refractivity contribution in [3.8, 4) is 0 Å². The molecule has 0 aliphatic heterocycles. The molecular formula is C14H10N2O3S. The van der Waals surface area contributed by atoms with Gasteiger partial charge < -0.3 is 9.52 Å². The summed E-state index contributed by atoms with van der Waals surface area (Å²) in [4.78, 5) is 11.9. The number of carboxylic acid groups (broad SMARTS) is 1. The summed E-state index contributed by atoms with van der Waals surface area (Å²) in [6.45, 7) is 0. The van der Waals surface area contributed by atoms with E-state index in [4.69, 9.17) is 4.42 Å². The number of benzene rings is 1. The van der Waals surface area contributed by atoms with Gasteiger partial charge in [0.1, 0.15) is 5.76 Å². The Morgan fingerprint density at radius 1 is 1.20 bits per heavy atom. The Morgan fingerprint density at radius 2 is 2.05 bits per heavy atom. The number of carbonyl (C=O) groups is 1. The van der Waals surface area contributed by atoms with Crippen LogP contribution in [0.3, 0.4) is 0 Å². The van der Waals surface area contributed by atoms with Crippen LogP contribution in [-0.4, -0.2) is 21.3 Å². The van der Waals surface area contributed by atoms with Gasteiger partial charge in [0.2, 0.25) is 0 Å². The van der Waals surface area contributed by atoms with Gasteiger partial charge in [0.25, 0.3) is 0 Å². The number of thioether (sulfide) groups is 1. The highest BCUT2D eigenvalue weighted by molar-refractivity contribution is 7.98. The van der Waals surface area contributed by atoms with E-state index in [9.17, 15) is 9.90 Å². The van der Waals surface area contributed by atoms with Crippen LogP contribution in [0, 0.1) is 0 Å². The van der Waals surface area contributed by atoms with E-state index in [1.54, 1.807) is 12.3 Å². The molecule has 0 aliphatic carbocycles. The van der Waals surface area contributed by atoms with E-state index in [1.807, 2.05) is 30.3 Å². The number of aromatic carboxylic acids is 1. The lowest BCUT2D eigenvalue weighted by molar-refractivity contribution is 0.0685. The lowest BCUT2D eigenvalue weighted by Crippen LogP contribution is -2.05. The largest absolute Gasteiger partial charge is 0.476 e. The SMILES string of the molecule is O=C(O)c1nnc2ccccc2c1SCc1ccco1. The van der Waals surface area contributed by atoms with Gasteiger partial charge in [-0.25, -0.2) is 4.79 Å². The minimum atomic E-state index is -1.08. The van der Waals surface area contributed by atoms with Crippen LogP contribution in [0.5, 0.6) is 0 Å². The normalized spacial score (nSPS) is 10.8. The molecule has 2 aromatic heterocycles. The van der Waals surface area contributed by atoms with Gasteiger partial charge in [-0.2, -0.15) is 0 Å². The third kappa shape index (κ3) is 2.37. The summed E-state index contributed by atoms with van der Waals surface area (Å²) in [5, 5.41) is 17.8. The molecule has 0 saturated heterocycles. The molecule has 20 heavy (non-hydrogen) atoms. The second-order valence-corrected chi connectivity index (χ2v) is 5.05. The third-order valence-corrected chi connectivity index (χ3v) is 3.89. The molecule has 0 atom stereocenters. The average molecular weight is 286 g/mol. The fourth-order valence-electron chi connectivity index (χ4n) is 1.85. The van der Waals surface area contributed by atoms with Crippen LogP contribution in [0.25, 0.3) is 10.9 Å². The van der Waals surface area contributed by atoms with Gasteiger partial charge in [0, 0.05) is 5.39 Å². The topological polar surface area (TPSA) is 76.2 Å². The summed E-state index contributed by atoms with van der Waals surface area (Å²) in [6.07, 6.45) is 1.59. The Morgan fingerprint density at radius 3 is 2.80 bits per heavy atom. The van der Waals surface area contributed by atoms with Crippen LogP contribution in [0.1, 0.15) is 16.2 Å². The van der Waals surface area contributed by atoms with Gasteiger partial charge in [-0.3, -0.25) is 0 Å². The zero-order chi connectivity index (χ0) is 13.9. The van der Waals surface area contributed by atoms with Gasteiger partial charge in [-0.1, -0.05) is 18.2 Å². The van der Waals surface area contributed by atoms with E-state index in [1.165, 1.54) is 11.8 Å². The number of hydrogen-bond donors (Lipinski definition) is 1. The molecule has 0 aliphatic rings. The first-order valence-corrected chi connectivity index (χ1v) is 6.88. The van der Waals surface area contributed by atoms with Crippen molar-refractivity contribution in [3.63, 3.8) is 0 Å². The second kappa shape index (κ2) is 5.34. The Labute approximate surface area is 118 Å². The fraction of sp³-hybridized carbons (Fsp3) is 0.0714. The summed E-state index contributed by atoms with van der Waals surface area (Å²) < 4.78 is 5.26. The van der Waals surface area contributed by atoms with Crippen LogP contribution in [0.2, 0.25) is 0 Å². The predicted octanol–water partition coefficient (Wildman–Crippen LogP) is 3.21. The summed E-state index contributed by atoms with van der Waals surface area (Å²) >= 11 is 1.39. The first kappa shape index (κ1) is 12.7. The molecule has 0 unspecified atom stereocenters. The molecule has 5 nitrogen and oxygen atoms in total. The van der Waals surface area contributed by atoms with E-state index in [0.717, 1.165) is 11.1 Å². The molecule has 3 aromatic rings. The maximum atomic E-state index is 11.3. The van der Waals surface area contributed by atoms with Crippen molar-refractivity contribution >= 4 is 28.6 Å². The van der Waals surface area contributed by atoms with Crippen molar-refractivity contribution in [2.45, 2.75) is 10.6 Å². The number of hydrogen-bond acceptors (Lipinski definition) is 5. The van der Waals surface area contributed by atoms with Crippen LogP contribution >= 0.6 is 11.8 Å². The molecule has 0 radical (unpaired) electrons. The Balaban J connectivity index is 2.05. The van der Waals surface area contributed by atoms with Crippen LogP contribution in [0.4, 0.5) is 0 Å². The zero-order valence-electron chi connectivity index (χ0n) is 10.3. The summed E-state index contributed by atoms with van der Waals surface area (Å²) in [5.41, 5.74) is 0.653. The van der Waals surface area contributed by atoms with E-state index in [2.05, 4.69) is 10.2 Å². The van der Waals surface area contributed by atoms with Crippen LogP contribution in [0.15, 0.2) is 52.0 Å². The fourth-order valence-corrected chi connectivity index (χ4v) is 2.90. The van der Waals surface area contributed by atoms with Crippen molar-refractivity contribution in [2.24, 2.45) is 0 Å². The molecule has 0 amide bonds. The number of nitrogens with zero attached hydrogens (tertiary/aromatic N) is 2. The standard InChI is InChI=1S/C14H10N2O3S/c17-14(18)12-13(20-8-9-4-3-7-19-9)10-5-1-2-6-11(10)15-16-12/h1-7H,8H2,(H,17,18). The van der Waals surface area contributed by atoms with E-state index >= 15 is 0 Å². The van der Waals surface area contributed by atoms with Gasteiger partial charge >= 0.3 is 5.97 Å². The highest BCUT2D eigenvalue weighted by atomic mass is 32.2. The highest BCUT2D eigenvalue weighted by Crippen LogP contribution is 2.31. The van der Waals surface area contributed by atoms with Crippen LogP contribution in [-0.2, 0) is 5.75 Å². The van der Waals surface area contributed by atoms with Gasteiger partial charge in [-0.15, -0.1) is 22.0 Å². The summed E-state index contributed by atoms with van der Waals surface area (Å²) in [5.74, 6) is 0.251. The van der Waals surface area contributed by atoms with Crippen molar-refractivity contribution < 1.29 is 14.3 Å². The first-order chi connectivity index (χ1) is 9.75. The maximum Gasteiger partial charge on any atom is 0.357 e. The minimum Gasteiger partial charge on any atom is -0.476 e. The van der Waals surface area contributed by atoms with Crippen molar-refractivity contribution in [1.29, 1.82) is 0 Å². The Kier molecular flexibility index (Phi) is 3.39. The maximum absolute atomic E-state index is 11.3. The number of rotatable bonds is 4. The third-order valence-electron chi connectivity index (χ3n) is 2.76. The number of furan rings is 1. The number of aromatic nitrogens is 2. The zero-order valence-corrected chi connectivity index (χ0v) is 11.1. The predicted molar refractivity (Wildman–Crippen MR) is 74.8 cm³/mol. The molecule has 0 spiro atoms. The van der Waals surface area contributed by atoms with Crippen LogP contribution < -0.4 is 0 Å². The Bertz CT molecular complexity index is 756. The molecule has 0 saturated carbocycles. The van der Waals surface area contributed by atoms with E-state index in [0.29, 0.717) is 16.2 Å². The molecule has 0 bridgehead atoms. The van der Waals surface area contributed by atoms with Gasteiger partial charge in [-0.05, 0) is 18.2 Å². The quantitative estimate of drug-likeness (QED) is 0.742. The molecule has 6 heteroatoms. The number of carboxylic acids is 1. The van der Waals surface area contributed by atoms with Gasteiger partial charge in [0.15, 0.2) is 5.69 Å². The molecule has 100 valence electrons. The highest BCUT2D eigenvalue weighted by Gasteiger charge is 2.17. The molecule has 1 N–H and O–H groups in total. The molecule has 2 heterocycles. The number of fused-ring (bicyclic) bond motifs is 1. The first-order valence-electron chi connectivity index (χ1n) is 5.89. The minimum absolute atomic E-state index is 0.0275. The van der Waals surface area contributed by atoms with Gasteiger partial charge in [0.05, 0.1) is 22.4 Å². The summed E-state index contributed by atoms with van der Waals surface area (Å²) in [7, 11) is 0. The summed E-state index contributed by atoms with van der Waals surface area (Å²) in [6, 6.07) is 11.0. The van der Waals surface area contributed by atoms with Crippen molar-refractivity contribution in [1.82, 2.24) is 10.2 Å². The lowest BCUT2D eigenvalue weighted by Gasteiger charge is -2.07. The molecular weight excluding hydrogens is 276 g/mol. The van der Waals surface area contributed by atoms with Crippen molar-refractivity contribution in [3.05, 3.63) is 54.1 Å². The molecule has 1 aromatic carbocycles. The lowest BCUT2D eigenvalue weighted by atomic mass is 10.2. The van der Waals surface area contributed by atoms with Crippen molar-refractivity contribution in [2.75, 3.05) is 0 Å². The average Bonchev–Trinajstić information content (AvgIpc) is 2.97. The van der Waals surface area contributed by atoms with E-state index in [-0.39, 0.29) is 5.69 Å². The molecule has 3 rings (SSSR count). The second-order valence-electron chi connectivity index (χ2n) is 4.07.